The number of hydrogen-bond donors (Lipinski definition) is 2. The van der Waals surface area contributed by atoms with Gasteiger partial charge in [-0.25, -0.2) is 4.79 Å². The van der Waals surface area contributed by atoms with Crippen molar-refractivity contribution in [1.82, 2.24) is 10.2 Å². The van der Waals surface area contributed by atoms with Crippen molar-refractivity contribution in [3.8, 4) is 0 Å². The summed E-state index contributed by atoms with van der Waals surface area (Å²) in [4.78, 5) is 25.0. The highest BCUT2D eigenvalue weighted by molar-refractivity contribution is 5.93. The molecule has 188 valence electrons. The van der Waals surface area contributed by atoms with E-state index in [1.54, 1.807) is 24.3 Å². The molecule has 8 nitrogen and oxygen atoms in total. The molecule has 0 aromatic heterocycles. The summed E-state index contributed by atoms with van der Waals surface area (Å²) in [5.41, 5.74) is 5.70. The Kier molecular flexibility index (Phi) is 9.05. The van der Waals surface area contributed by atoms with Crippen molar-refractivity contribution in [2.24, 2.45) is 5.73 Å². The van der Waals surface area contributed by atoms with E-state index in [2.05, 4.69) is 5.32 Å². The second kappa shape index (κ2) is 12.0. The van der Waals surface area contributed by atoms with Crippen LogP contribution in [0.5, 0.6) is 0 Å². The van der Waals surface area contributed by atoms with Crippen LogP contribution in [0.2, 0.25) is 0 Å². The molecular formula is C25H29F2N3O5. The molecular weight excluding hydrogens is 460 g/mol. The van der Waals surface area contributed by atoms with Crippen LogP contribution in [0, 0.1) is 0 Å². The van der Waals surface area contributed by atoms with Crippen molar-refractivity contribution < 1.29 is 32.6 Å². The molecule has 1 aliphatic rings. The minimum absolute atomic E-state index is 0.0137. The number of benzene rings is 2. The molecule has 0 aliphatic carbocycles. The number of hydrogen-bond acceptors (Lipinski definition) is 6. The Labute approximate surface area is 202 Å². The highest BCUT2D eigenvalue weighted by Gasteiger charge is 2.48. The highest BCUT2D eigenvalue weighted by atomic mass is 19.3. The van der Waals surface area contributed by atoms with Crippen LogP contribution in [0.4, 0.5) is 13.6 Å². The molecule has 3 N–H and O–H groups in total. The van der Waals surface area contributed by atoms with E-state index < -0.39 is 36.2 Å². The summed E-state index contributed by atoms with van der Waals surface area (Å²) in [6.07, 6.45) is 0.146. The van der Waals surface area contributed by atoms with Crippen LogP contribution in [0.15, 0.2) is 72.9 Å². The number of carbonyl (C=O) groups excluding carboxylic acids is 2. The number of carbonyl (C=O) groups is 2. The number of alkyl halides is 2. The number of rotatable bonds is 13. The SMILES string of the molecule is CC(=O)C1(N)C=CN(C(OCCOCc2ccccc2)C(F)(F)COCc2ccccc2)C(=O)N1. The average Bonchev–Trinajstić information content (AvgIpc) is 2.83. The monoisotopic (exact) mass is 489 g/mol. The molecule has 2 atom stereocenters. The lowest BCUT2D eigenvalue weighted by Crippen LogP contribution is -2.67. The normalized spacial score (nSPS) is 18.9. The van der Waals surface area contributed by atoms with E-state index in [0.29, 0.717) is 4.90 Å². The van der Waals surface area contributed by atoms with Gasteiger partial charge in [0.25, 0.3) is 0 Å². The summed E-state index contributed by atoms with van der Waals surface area (Å²) < 4.78 is 46.6. The predicted molar refractivity (Wildman–Crippen MR) is 124 cm³/mol. The fourth-order valence-electron chi connectivity index (χ4n) is 3.28. The lowest BCUT2D eigenvalue weighted by Gasteiger charge is -2.39. The van der Waals surface area contributed by atoms with E-state index in [0.717, 1.165) is 23.4 Å². The Hall–Kier alpha value is -3.18. The van der Waals surface area contributed by atoms with Crippen molar-refractivity contribution >= 4 is 11.8 Å². The van der Waals surface area contributed by atoms with Gasteiger partial charge in [-0.2, -0.15) is 8.78 Å². The van der Waals surface area contributed by atoms with Crippen LogP contribution < -0.4 is 11.1 Å². The Morgan fingerprint density at radius 2 is 1.60 bits per heavy atom. The molecule has 10 heteroatoms. The Morgan fingerprint density at radius 3 is 2.14 bits per heavy atom. The number of urea groups is 1. The van der Waals surface area contributed by atoms with E-state index >= 15 is 8.78 Å². The second-order valence-electron chi connectivity index (χ2n) is 8.08. The molecule has 0 saturated carbocycles. The summed E-state index contributed by atoms with van der Waals surface area (Å²) in [6, 6.07) is 17.2. The van der Waals surface area contributed by atoms with Crippen LogP contribution in [-0.4, -0.2) is 54.3 Å². The summed E-state index contributed by atoms with van der Waals surface area (Å²) in [5, 5.41) is 2.24. The van der Waals surface area contributed by atoms with Crippen molar-refractivity contribution in [2.45, 2.75) is 38.0 Å². The average molecular weight is 490 g/mol. The van der Waals surface area contributed by atoms with Crippen LogP contribution in [0.3, 0.4) is 0 Å². The summed E-state index contributed by atoms with van der Waals surface area (Å²) in [6.45, 7) is 0.217. The van der Waals surface area contributed by atoms with Gasteiger partial charge in [0.1, 0.15) is 6.61 Å². The largest absolute Gasteiger partial charge is 0.374 e. The van der Waals surface area contributed by atoms with Gasteiger partial charge in [-0.15, -0.1) is 0 Å². The molecule has 1 aliphatic heterocycles. The van der Waals surface area contributed by atoms with E-state index in [1.807, 2.05) is 36.4 Å². The van der Waals surface area contributed by atoms with Crippen LogP contribution in [0.25, 0.3) is 0 Å². The molecule has 0 fully saturated rings. The number of amides is 2. The van der Waals surface area contributed by atoms with E-state index in [9.17, 15) is 9.59 Å². The third kappa shape index (κ3) is 7.40. The molecule has 2 aromatic rings. The molecule has 2 unspecified atom stereocenters. The fourth-order valence-corrected chi connectivity index (χ4v) is 3.28. The van der Waals surface area contributed by atoms with Crippen LogP contribution in [0.1, 0.15) is 18.1 Å². The topological polar surface area (TPSA) is 103 Å². The molecule has 2 amide bonds. The van der Waals surface area contributed by atoms with Gasteiger partial charge in [0.2, 0.25) is 6.23 Å². The van der Waals surface area contributed by atoms with Gasteiger partial charge in [-0.3, -0.25) is 15.4 Å². The van der Waals surface area contributed by atoms with Crippen molar-refractivity contribution in [1.29, 1.82) is 0 Å². The quantitative estimate of drug-likeness (QED) is 0.419. The zero-order valence-corrected chi connectivity index (χ0v) is 19.4. The maximum absolute atomic E-state index is 15.2. The first kappa shape index (κ1) is 26.4. The first-order valence-corrected chi connectivity index (χ1v) is 11.0. The van der Waals surface area contributed by atoms with Gasteiger partial charge < -0.3 is 19.5 Å². The van der Waals surface area contributed by atoms with Crippen molar-refractivity contribution in [2.75, 3.05) is 19.8 Å². The number of nitrogens with one attached hydrogen (secondary N) is 1. The van der Waals surface area contributed by atoms with Gasteiger partial charge in [0.15, 0.2) is 11.4 Å². The highest BCUT2D eigenvalue weighted by Crippen LogP contribution is 2.28. The maximum atomic E-state index is 15.2. The number of Topliss-reactive ketones (excluding diaryl/α,β-unsaturated/α-hetero) is 1. The third-order valence-corrected chi connectivity index (χ3v) is 5.26. The Balaban J connectivity index is 1.65. The fraction of sp³-hybridized carbons (Fsp3) is 0.360. The van der Waals surface area contributed by atoms with Gasteiger partial charge in [0.05, 0.1) is 26.4 Å². The summed E-state index contributed by atoms with van der Waals surface area (Å²) >= 11 is 0. The number of ether oxygens (including phenoxy) is 3. The zero-order valence-electron chi connectivity index (χ0n) is 19.4. The summed E-state index contributed by atoms with van der Waals surface area (Å²) in [5.74, 6) is -4.15. The summed E-state index contributed by atoms with van der Waals surface area (Å²) in [7, 11) is 0. The van der Waals surface area contributed by atoms with Crippen LogP contribution in [-0.2, 0) is 32.2 Å². The maximum Gasteiger partial charge on any atom is 0.325 e. The minimum Gasteiger partial charge on any atom is -0.374 e. The van der Waals surface area contributed by atoms with Crippen molar-refractivity contribution in [3.63, 3.8) is 0 Å². The number of nitrogens with zero attached hydrogens (tertiary/aromatic N) is 1. The number of nitrogens with two attached hydrogens (primary N) is 1. The van der Waals surface area contributed by atoms with Gasteiger partial charge >= 0.3 is 12.0 Å². The lowest BCUT2D eigenvalue weighted by molar-refractivity contribution is -0.209. The van der Waals surface area contributed by atoms with Gasteiger partial charge in [-0.05, 0) is 24.1 Å². The van der Waals surface area contributed by atoms with Gasteiger partial charge in [-0.1, -0.05) is 60.7 Å². The molecule has 0 spiro atoms. The van der Waals surface area contributed by atoms with Gasteiger partial charge in [0, 0.05) is 6.20 Å². The molecule has 35 heavy (non-hydrogen) atoms. The lowest BCUT2D eigenvalue weighted by atomic mass is 10.1. The molecule has 3 rings (SSSR count). The second-order valence-corrected chi connectivity index (χ2v) is 8.08. The molecule has 2 aromatic carbocycles. The smallest absolute Gasteiger partial charge is 0.325 e. The van der Waals surface area contributed by atoms with Crippen LogP contribution >= 0.6 is 0 Å². The molecule has 1 heterocycles. The Bertz CT molecular complexity index is 1010. The number of ketones is 1. The molecule has 0 bridgehead atoms. The number of halogens is 2. The molecule has 0 saturated heterocycles. The third-order valence-electron chi connectivity index (χ3n) is 5.26. The first-order chi connectivity index (χ1) is 16.7. The molecule has 0 radical (unpaired) electrons. The zero-order chi connectivity index (χ0) is 25.3. The first-order valence-electron chi connectivity index (χ1n) is 11.0. The van der Waals surface area contributed by atoms with E-state index in [4.69, 9.17) is 19.9 Å². The Morgan fingerprint density at radius 1 is 1.03 bits per heavy atom. The standard InChI is InChI=1S/C25H29F2N3O5/c1-19(31)25(28)12-13-30(23(32)29-25)22(35-15-14-33-16-20-8-4-2-5-9-20)24(26,27)18-34-17-21-10-6-3-7-11-21/h2-13,22H,14-18,28H2,1H3,(H,29,32). The van der Waals surface area contributed by atoms with E-state index in [-0.39, 0.29) is 26.4 Å². The van der Waals surface area contributed by atoms with Crippen molar-refractivity contribution in [3.05, 3.63) is 84.1 Å². The predicted octanol–water partition coefficient (Wildman–Crippen LogP) is 3.18. The van der Waals surface area contributed by atoms with E-state index in [1.165, 1.54) is 6.92 Å². The minimum atomic E-state index is -3.60.